The zero-order chi connectivity index (χ0) is 9.45. The molecule has 0 aliphatic heterocycles. The summed E-state index contributed by atoms with van der Waals surface area (Å²) in [6, 6.07) is 0. The lowest BCUT2D eigenvalue weighted by atomic mass is 9.90. The van der Waals surface area contributed by atoms with Gasteiger partial charge in [-0.2, -0.15) is 0 Å². The average molecular weight is 171 g/mol. The van der Waals surface area contributed by atoms with E-state index in [1.54, 1.807) is 0 Å². The van der Waals surface area contributed by atoms with E-state index in [1.165, 1.54) is 38.8 Å². The highest BCUT2D eigenvalue weighted by molar-refractivity contribution is 4.61. The van der Waals surface area contributed by atoms with Gasteiger partial charge >= 0.3 is 0 Å². The SMILES string of the molecule is CCCNCCCCC(C)(C)C. The Hall–Kier alpha value is -0.0400. The minimum Gasteiger partial charge on any atom is -0.317 e. The smallest absolute Gasteiger partial charge is 0.00489 e. The molecule has 0 unspecified atom stereocenters. The second-order valence-electron chi connectivity index (χ2n) is 4.77. The highest BCUT2D eigenvalue weighted by atomic mass is 14.8. The van der Waals surface area contributed by atoms with E-state index < -0.39 is 0 Å². The topological polar surface area (TPSA) is 12.0 Å². The van der Waals surface area contributed by atoms with Crippen LogP contribution in [0.25, 0.3) is 0 Å². The molecule has 1 nitrogen and oxygen atoms in total. The Morgan fingerprint density at radius 1 is 1.00 bits per heavy atom. The lowest BCUT2D eigenvalue weighted by Crippen LogP contribution is -2.16. The van der Waals surface area contributed by atoms with Crippen LogP contribution in [0.3, 0.4) is 0 Å². The second-order valence-corrected chi connectivity index (χ2v) is 4.77. The van der Waals surface area contributed by atoms with Crippen LogP contribution in [0, 0.1) is 5.41 Å². The molecule has 0 fully saturated rings. The molecule has 0 bridgehead atoms. The standard InChI is InChI=1S/C11H25N/c1-5-9-12-10-7-6-8-11(2,3)4/h12H,5-10H2,1-4H3. The maximum absolute atomic E-state index is 3.42. The van der Waals surface area contributed by atoms with E-state index in [1.807, 2.05) is 0 Å². The van der Waals surface area contributed by atoms with Crippen molar-refractivity contribution in [2.75, 3.05) is 13.1 Å². The van der Waals surface area contributed by atoms with Crippen molar-refractivity contribution in [3.05, 3.63) is 0 Å². The van der Waals surface area contributed by atoms with Crippen molar-refractivity contribution in [1.29, 1.82) is 0 Å². The third kappa shape index (κ3) is 9.96. The molecule has 0 saturated heterocycles. The molecule has 1 heteroatoms. The lowest BCUT2D eigenvalue weighted by Gasteiger charge is -2.17. The minimum absolute atomic E-state index is 0.519. The molecule has 0 atom stereocenters. The Kier molecular flexibility index (Phi) is 6.45. The summed E-state index contributed by atoms with van der Waals surface area (Å²) in [7, 11) is 0. The van der Waals surface area contributed by atoms with Crippen LogP contribution < -0.4 is 5.32 Å². The molecule has 0 aliphatic carbocycles. The number of nitrogens with one attached hydrogen (secondary N) is 1. The highest BCUT2D eigenvalue weighted by Crippen LogP contribution is 2.20. The van der Waals surface area contributed by atoms with Gasteiger partial charge in [0.25, 0.3) is 0 Å². The Labute approximate surface area is 77.9 Å². The van der Waals surface area contributed by atoms with E-state index in [2.05, 4.69) is 33.0 Å². The Morgan fingerprint density at radius 2 is 1.67 bits per heavy atom. The molecule has 0 spiro atoms. The van der Waals surface area contributed by atoms with Crippen LogP contribution in [0.5, 0.6) is 0 Å². The van der Waals surface area contributed by atoms with Crippen molar-refractivity contribution >= 4 is 0 Å². The van der Waals surface area contributed by atoms with Gasteiger partial charge in [0.2, 0.25) is 0 Å². The molecule has 0 amide bonds. The minimum atomic E-state index is 0.519. The zero-order valence-corrected chi connectivity index (χ0v) is 9.24. The number of rotatable bonds is 6. The monoisotopic (exact) mass is 171 g/mol. The first-order chi connectivity index (χ1) is 5.56. The van der Waals surface area contributed by atoms with Gasteiger partial charge in [-0.05, 0) is 37.8 Å². The van der Waals surface area contributed by atoms with Crippen molar-refractivity contribution in [3.63, 3.8) is 0 Å². The first kappa shape index (κ1) is 12.0. The van der Waals surface area contributed by atoms with E-state index in [9.17, 15) is 0 Å². The largest absolute Gasteiger partial charge is 0.317 e. The fourth-order valence-corrected chi connectivity index (χ4v) is 1.21. The van der Waals surface area contributed by atoms with Gasteiger partial charge < -0.3 is 5.32 Å². The maximum Gasteiger partial charge on any atom is -0.00489 e. The predicted octanol–water partition coefficient (Wildman–Crippen LogP) is 3.20. The van der Waals surface area contributed by atoms with Crippen molar-refractivity contribution in [1.82, 2.24) is 5.32 Å². The van der Waals surface area contributed by atoms with Crippen molar-refractivity contribution in [2.24, 2.45) is 5.41 Å². The molecule has 0 aromatic rings. The molecule has 0 aromatic carbocycles. The number of hydrogen-bond acceptors (Lipinski definition) is 1. The molecule has 1 N–H and O–H groups in total. The van der Waals surface area contributed by atoms with E-state index in [0.29, 0.717) is 5.41 Å². The first-order valence-corrected chi connectivity index (χ1v) is 5.27. The van der Waals surface area contributed by atoms with E-state index >= 15 is 0 Å². The normalized spacial score (nSPS) is 12.0. The van der Waals surface area contributed by atoms with Crippen molar-refractivity contribution in [3.8, 4) is 0 Å². The molecule has 0 saturated carbocycles. The summed E-state index contributed by atoms with van der Waals surface area (Å²) in [5.41, 5.74) is 0.519. The van der Waals surface area contributed by atoms with E-state index in [4.69, 9.17) is 0 Å². The summed E-state index contributed by atoms with van der Waals surface area (Å²) in [6.07, 6.45) is 5.29. The van der Waals surface area contributed by atoms with E-state index in [0.717, 1.165) is 0 Å². The second kappa shape index (κ2) is 6.47. The Morgan fingerprint density at radius 3 is 2.17 bits per heavy atom. The van der Waals surface area contributed by atoms with Crippen LogP contribution >= 0.6 is 0 Å². The van der Waals surface area contributed by atoms with Crippen LogP contribution in [0.4, 0.5) is 0 Å². The quantitative estimate of drug-likeness (QED) is 0.605. The van der Waals surface area contributed by atoms with Crippen LogP contribution in [-0.4, -0.2) is 13.1 Å². The van der Waals surface area contributed by atoms with E-state index in [-0.39, 0.29) is 0 Å². The third-order valence-electron chi connectivity index (χ3n) is 1.96. The van der Waals surface area contributed by atoms with Gasteiger partial charge in [0.15, 0.2) is 0 Å². The summed E-state index contributed by atoms with van der Waals surface area (Å²) in [5.74, 6) is 0. The van der Waals surface area contributed by atoms with Crippen molar-refractivity contribution < 1.29 is 0 Å². The summed E-state index contributed by atoms with van der Waals surface area (Å²) in [4.78, 5) is 0. The molecule has 0 radical (unpaired) electrons. The summed E-state index contributed by atoms with van der Waals surface area (Å²) >= 11 is 0. The average Bonchev–Trinajstić information content (AvgIpc) is 1.94. The van der Waals surface area contributed by atoms with Gasteiger partial charge in [-0.15, -0.1) is 0 Å². The van der Waals surface area contributed by atoms with Crippen LogP contribution in [0.1, 0.15) is 53.4 Å². The highest BCUT2D eigenvalue weighted by Gasteiger charge is 2.08. The van der Waals surface area contributed by atoms with Gasteiger partial charge in [0.05, 0.1) is 0 Å². The summed E-state index contributed by atoms with van der Waals surface area (Å²) in [6.45, 7) is 11.5. The first-order valence-electron chi connectivity index (χ1n) is 5.27. The molecule has 12 heavy (non-hydrogen) atoms. The third-order valence-corrected chi connectivity index (χ3v) is 1.96. The fourth-order valence-electron chi connectivity index (χ4n) is 1.21. The van der Waals surface area contributed by atoms with Gasteiger partial charge in [-0.1, -0.05) is 34.1 Å². The van der Waals surface area contributed by atoms with Crippen LogP contribution in [0.2, 0.25) is 0 Å². The molecule has 0 aliphatic rings. The van der Waals surface area contributed by atoms with Gasteiger partial charge in [-0.25, -0.2) is 0 Å². The Balaban J connectivity index is 3.01. The van der Waals surface area contributed by atoms with Gasteiger partial charge in [0, 0.05) is 0 Å². The molecule has 0 aromatic heterocycles. The molecule has 0 heterocycles. The summed E-state index contributed by atoms with van der Waals surface area (Å²) in [5, 5.41) is 3.42. The van der Waals surface area contributed by atoms with Gasteiger partial charge in [-0.3, -0.25) is 0 Å². The maximum atomic E-state index is 3.42. The Bertz CT molecular complexity index is 91.7. The molecular formula is C11H25N. The lowest BCUT2D eigenvalue weighted by molar-refractivity contribution is 0.358. The molecular weight excluding hydrogens is 146 g/mol. The molecule has 0 rings (SSSR count). The predicted molar refractivity (Wildman–Crippen MR) is 56.5 cm³/mol. The van der Waals surface area contributed by atoms with Crippen molar-refractivity contribution in [2.45, 2.75) is 53.4 Å². The zero-order valence-electron chi connectivity index (χ0n) is 9.24. The fraction of sp³-hybridized carbons (Fsp3) is 1.00. The van der Waals surface area contributed by atoms with Crippen LogP contribution in [-0.2, 0) is 0 Å². The van der Waals surface area contributed by atoms with Gasteiger partial charge in [0.1, 0.15) is 0 Å². The number of unbranched alkanes of at least 4 members (excludes halogenated alkanes) is 1. The molecule has 74 valence electrons. The van der Waals surface area contributed by atoms with Crippen LogP contribution in [0.15, 0.2) is 0 Å². The number of hydrogen-bond donors (Lipinski definition) is 1. The summed E-state index contributed by atoms with van der Waals surface area (Å²) < 4.78 is 0.